The summed E-state index contributed by atoms with van der Waals surface area (Å²) in [5.41, 5.74) is 5.68. The van der Waals surface area contributed by atoms with Crippen LogP contribution in [0.4, 0.5) is 5.69 Å². The molecule has 3 N–H and O–H groups in total. The second-order valence-electron chi connectivity index (χ2n) is 4.61. The van der Waals surface area contributed by atoms with E-state index in [4.69, 9.17) is 5.73 Å². The van der Waals surface area contributed by atoms with Crippen molar-refractivity contribution in [2.45, 2.75) is 49.9 Å². The maximum Gasteiger partial charge on any atom is 0.238 e. The smallest absolute Gasteiger partial charge is 0.238 e. The number of carbonyl (C=O) groups excluding carboxylic acids is 1. The van der Waals surface area contributed by atoms with E-state index in [1.165, 1.54) is 19.2 Å². The molecule has 1 aromatic rings. The third-order valence-electron chi connectivity index (χ3n) is 3.24. The van der Waals surface area contributed by atoms with Gasteiger partial charge in [0, 0.05) is 12.2 Å². The second-order valence-corrected chi connectivity index (χ2v) is 6.79. The van der Waals surface area contributed by atoms with Gasteiger partial charge in [-0.1, -0.05) is 13.8 Å². The molecule has 0 bridgehead atoms. The number of amides is 1. The van der Waals surface area contributed by atoms with Gasteiger partial charge in [-0.3, -0.25) is 4.79 Å². The van der Waals surface area contributed by atoms with Crippen molar-refractivity contribution in [2.75, 3.05) is 5.73 Å². The van der Waals surface area contributed by atoms with Crippen LogP contribution < -0.4 is 11.1 Å². The van der Waals surface area contributed by atoms with E-state index in [1.54, 1.807) is 6.07 Å². The molecule has 112 valence electrons. The summed E-state index contributed by atoms with van der Waals surface area (Å²) in [6.45, 7) is 5.22. The van der Waals surface area contributed by atoms with E-state index in [0.29, 0.717) is 0 Å². The van der Waals surface area contributed by atoms with Gasteiger partial charge in [-0.25, -0.2) is 13.4 Å². The van der Waals surface area contributed by atoms with Crippen molar-refractivity contribution in [1.82, 2.24) is 10.3 Å². The van der Waals surface area contributed by atoms with Gasteiger partial charge in [0.05, 0.1) is 5.69 Å². The maximum atomic E-state index is 12.3. The molecule has 0 aliphatic rings. The highest BCUT2D eigenvalue weighted by Crippen LogP contribution is 2.20. The van der Waals surface area contributed by atoms with Crippen LogP contribution in [0.2, 0.25) is 0 Å². The summed E-state index contributed by atoms with van der Waals surface area (Å²) in [6, 6.07) is 2.97. The van der Waals surface area contributed by atoms with Gasteiger partial charge in [0.15, 0.2) is 5.03 Å². The van der Waals surface area contributed by atoms with Gasteiger partial charge < -0.3 is 11.1 Å². The molecule has 1 rings (SSSR count). The number of pyridine rings is 1. The minimum Gasteiger partial charge on any atom is -0.396 e. The molecule has 0 fully saturated rings. The van der Waals surface area contributed by atoms with Gasteiger partial charge in [0.1, 0.15) is 5.25 Å². The van der Waals surface area contributed by atoms with Crippen LogP contribution in [0.3, 0.4) is 0 Å². The second kappa shape index (κ2) is 6.69. The molecule has 6 nitrogen and oxygen atoms in total. The van der Waals surface area contributed by atoms with Crippen molar-refractivity contribution in [3.63, 3.8) is 0 Å². The van der Waals surface area contributed by atoms with Gasteiger partial charge in [0.2, 0.25) is 15.7 Å². The Kier molecular flexibility index (Phi) is 5.50. The highest BCUT2D eigenvalue weighted by atomic mass is 32.2. The molecule has 0 aliphatic carbocycles. The first-order valence-corrected chi connectivity index (χ1v) is 8.13. The normalized spacial score (nSPS) is 13.2. The lowest BCUT2D eigenvalue weighted by Crippen LogP contribution is -2.43. The molecule has 1 amide bonds. The zero-order valence-corrected chi connectivity index (χ0v) is 12.8. The molecule has 1 atom stereocenters. The minimum atomic E-state index is -3.88. The Bertz CT molecular complexity index is 568. The molecule has 0 aromatic carbocycles. The topological polar surface area (TPSA) is 102 Å². The van der Waals surface area contributed by atoms with Crippen molar-refractivity contribution >= 4 is 21.4 Å². The Balaban J connectivity index is 2.99. The van der Waals surface area contributed by atoms with Gasteiger partial charge in [-0.15, -0.1) is 0 Å². The van der Waals surface area contributed by atoms with Crippen molar-refractivity contribution < 1.29 is 13.2 Å². The predicted molar refractivity (Wildman–Crippen MR) is 77.8 cm³/mol. The highest BCUT2D eigenvalue weighted by Gasteiger charge is 2.32. The molecule has 0 aliphatic heterocycles. The Hall–Kier alpha value is -1.63. The van der Waals surface area contributed by atoms with Crippen molar-refractivity contribution in [2.24, 2.45) is 0 Å². The number of nitrogens with zero attached hydrogens (tertiary/aromatic N) is 1. The van der Waals surface area contributed by atoms with Crippen LogP contribution in [-0.4, -0.2) is 30.6 Å². The number of sulfone groups is 1. The number of nitrogens with two attached hydrogens (primary N) is 1. The number of hydrogen-bond donors (Lipinski definition) is 2. The summed E-state index contributed by atoms with van der Waals surface area (Å²) in [6.07, 6.45) is 2.84. The molecular weight excluding hydrogens is 278 g/mol. The van der Waals surface area contributed by atoms with E-state index in [1.807, 2.05) is 13.8 Å². The molecule has 1 unspecified atom stereocenters. The Labute approximate surface area is 119 Å². The first-order chi connectivity index (χ1) is 9.34. The van der Waals surface area contributed by atoms with Crippen LogP contribution in [0.15, 0.2) is 23.4 Å². The fraction of sp³-hybridized carbons (Fsp3) is 0.538. The van der Waals surface area contributed by atoms with Crippen molar-refractivity contribution in [3.05, 3.63) is 18.3 Å². The third-order valence-corrected chi connectivity index (χ3v) is 5.26. The molecule has 1 aromatic heterocycles. The van der Waals surface area contributed by atoms with Crippen LogP contribution in [-0.2, 0) is 14.6 Å². The summed E-state index contributed by atoms with van der Waals surface area (Å²) in [7, 11) is -3.88. The average Bonchev–Trinajstić information content (AvgIpc) is 2.43. The number of aromatic nitrogens is 1. The Morgan fingerprint density at radius 2 is 2.00 bits per heavy atom. The molecule has 0 saturated heterocycles. The maximum absolute atomic E-state index is 12.3. The summed E-state index contributed by atoms with van der Waals surface area (Å²) >= 11 is 0. The number of hydrogen-bond acceptors (Lipinski definition) is 5. The van der Waals surface area contributed by atoms with Gasteiger partial charge in [0.25, 0.3) is 0 Å². The fourth-order valence-corrected chi connectivity index (χ4v) is 3.05. The average molecular weight is 299 g/mol. The van der Waals surface area contributed by atoms with Crippen LogP contribution in [0, 0.1) is 0 Å². The van der Waals surface area contributed by atoms with E-state index in [-0.39, 0.29) is 16.8 Å². The first kappa shape index (κ1) is 16.4. The molecule has 7 heteroatoms. The fourth-order valence-electron chi connectivity index (χ4n) is 1.76. The summed E-state index contributed by atoms with van der Waals surface area (Å²) < 4.78 is 24.7. The van der Waals surface area contributed by atoms with Crippen LogP contribution in [0.25, 0.3) is 0 Å². The van der Waals surface area contributed by atoms with E-state index < -0.39 is 21.0 Å². The van der Waals surface area contributed by atoms with Crippen LogP contribution in [0.5, 0.6) is 0 Å². The van der Waals surface area contributed by atoms with Gasteiger partial charge >= 0.3 is 0 Å². The molecule has 1 heterocycles. The summed E-state index contributed by atoms with van der Waals surface area (Å²) in [5, 5.41) is 1.26. The lowest BCUT2D eigenvalue weighted by molar-refractivity contribution is -0.121. The largest absolute Gasteiger partial charge is 0.396 e. The standard InChI is InChI=1S/C13H21N3O3S/c1-4-10(5-2)16-12(17)9(3)20(18,19)13-11(14)7-6-8-15-13/h6-10H,4-5,14H2,1-3H3,(H,16,17). The number of carbonyl (C=O) groups is 1. The van der Waals surface area contributed by atoms with E-state index >= 15 is 0 Å². The monoisotopic (exact) mass is 299 g/mol. The Morgan fingerprint density at radius 1 is 1.40 bits per heavy atom. The molecule has 20 heavy (non-hydrogen) atoms. The lowest BCUT2D eigenvalue weighted by Gasteiger charge is -2.18. The number of nitrogen functional groups attached to an aromatic ring is 1. The Morgan fingerprint density at radius 3 is 2.50 bits per heavy atom. The predicted octanol–water partition coefficient (Wildman–Crippen LogP) is 1.13. The minimum absolute atomic E-state index is 0.0266. The zero-order chi connectivity index (χ0) is 15.3. The van der Waals surface area contributed by atoms with Crippen molar-refractivity contribution in [1.29, 1.82) is 0 Å². The lowest BCUT2D eigenvalue weighted by atomic mass is 10.2. The van der Waals surface area contributed by atoms with E-state index in [9.17, 15) is 13.2 Å². The summed E-state index contributed by atoms with van der Waals surface area (Å²) in [5.74, 6) is -0.524. The zero-order valence-electron chi connectivity index (χ0n) is 12.0. The molecule has 0 spiro atoms. The van der Waals surface area contributed by atoms with Crippen LogP contribution >= 0.6 is 0 Å². The van der Waals surface area contributed by atoms with Gasteiger partial charge in [-0.2, -0.15) is 0 Å². The van der Waals surface area contributed by atoms with E-state index in [2.05, 4.69) is 10.3 Å². The molecular formula is C13H21N3O3S. The summed E-state index contributed by atoms with van der Waals surface area (Å²) in [4.78, 5) is 15.8. The van der Waals surface area contributed by atoms with E-state index in [0.717, 1.165) is 12.8 Å². The number of rotatable bonds is 6. The third kappa shape index (κ3) is 3.47. The SMILES string of the molecule is CCC(CC)NC(=O)C(C)S(=O)(=O)c1ncccc1N. The molecule has 0 radical (unpaired) electrons. The quantitative estimate of drug-likeness (QED) is 0.819. The van der Waals surface area contributed by atoms with Gasteiger partial charge in [-0.05, 0) is 31.9 Å². The van der Waals surface area contributed by atoms with Crippen LogP contribution in [0.1, 0.15) is 33.6 Å². The first-order valence-electron chi connectivity index (χ1n) is 6.59. The number of anilines is 1. The highest BCUT2D eigenvalue weighted by molar-refractivity contribution is 7.92. The molecule has 0 saturated carbocycles. The van der Waals surface area contributed by atoms with Crippen molar-refractivity contribution in [3.8, 4) is 0 Å². The number of nitrogens with one attached hydrogen (secondary N) is 1.